The Labute approximate surface area is 89.3 Å². The van der Waals surface area contributed by atoms with Crippen molar-refractivity contribution in [3.63, 3.8) is 0 Å². The molecule has 0 aliphatic heterocycles. The molecule has 0 saturated carbocycles. The number of hydrogen-bond donors (Lipinski definition) is 1. The molecule has 76 valence electrons. The van der Waals surface area contributed by atoms with Gasteiger partial charge in [0.05, 0.1) is 0 Å². The summed E-state index contributed by atoms with van der Waals surface area (Å²) in [4.78, 5) is 0. The summed E-state index contributed by atoms with van der Waals surface area (Å²) < 4.78 is 2.14. The lowest BCUT2D eigenvalue weighted by molar-refractivity contribution is 0.709. The molecule has 3 rings (SSSR count). The normalized spacial score (nSPS) is 19.1. The van der Waals surface area contributed by atoms with E-state index in [1.54, 1.807) is 0 Å². The first-order valence-electron chi connectivity index (χ1n) is 5.37. The lowest BCUT2D eigenvalue weighted by Crippen LogP contribution is -2.09. The molecule has 0 radical (unpaired) electrons. The van der Waals surface area contributed by atoms with Crippen molar-refractivity contribution < 1.29 is 0 Å². The summed E-state index contributed by atoms with van der Waals surface area (Å²) in [6.07, 6.45) is 6.33. The standard InChI is InChI=1S/C13H14N2/c14-11-7-6-10-4-3-5-12(13(10)11)15-8-1-2-9-15/h1-5,8-9,11H,6-7,14H2. The quantitative estimate of drug-likeness (QED) is 0.749. The van der Waals surface area contributed by atoms with Crippen LogP contribution >= 0.6 is 0 Å². The third-order valence-electron chi connectivity index (χ3n) is 3.15. The van der Waals surface area contributed by atoms with Crippen molar-refractivity contribution in [2.24, 2.45) is 5.73 Å². The van der Waals surface area contributed by atoms with Crippen molar-refractivity contribution in [2.45, 2.75) is 18.9 Å². The molecule has 0 saturated heterocycles. The van der Waals surface area contributed by atoms with E-state index in [-0.39, 0.29) is 6.04 Å². The van der Waals surface area contributed by atoms with E-state index < -0.39 is 0 Å². The van der Waals surface area contributed by atoms with Crippen LogP contribution in [0.25, 0.3) is 5.69 Å². The minimum absolute atomic E-state index is 0.207. The van der Waals surface area contributed by atoms with Crippen LogP contribution in [-0.4, -0.2) is 4.57 Å². The zero-order valence-corrected chi connectivity index (χ0v) is 8.56. The van der Waals surface area contributed by atoms with Gasteiger partial charge < -0.3 is 10.3 Å². The van der Waals surface area contributed by atoms with Crippen LogP contribution in [0.5, 0.6) is 0 Å². The fraction of sp³-hybridized carbons (Fsp3) is 0.231. The number of nitrogens with two attached hydrogens (primary N) is 1. The molecule has 1 aliphatic rings. The largest absolute Gasteiger partial charge is 0.324 e. The molecule has 0 fully saturated rings. The molecule has 2 nitrogen and oxygen atoms in total. The van der Waals surface area contributed by atoms with Crippen LogP contribution in [0.3, 0.4) is 0 Å². The first-order valence-corrected chi connectivity index (χ1v) is 5.37. The third-order valence-corrected chi connectivity index (χ3v) is 3.15. The van der Waals surface area contributed by atoms with Crippen LogP contribution in [-0.2, 0) is 6.42 Å². The highest BCUT2D eigenvalue weighted by molar-refractivity contribution is 5.50. The monoisotopic (exact) mass is 198 g/mol. The van der Waals surface area contributed by atoms with E-state index in [0.717, 1.165) is 12.8 Å². The molecule has 2 N–H and O–H groups in total. The summed E-state index contributed by atoms with van der Waals surface area (Å²) in [5.41, 5.74) is 10.1. The summed E-state index contributed by atoms with van der Waals surface area (Å²) in [6, 6.07) is 10.7. The molecule has 0 amide bonds. The average molecular weight is 198 g/mol. The van der Waals surface area contributed by atoms with Gasteiger partial charge in [-0.25, -0.2) is 0 Å². The smallest absolute Gasteiger partial charge is 0.0499 e. The second-order valence-electron chi connectivity index (χ2n) is 4.09. The predicted octanol–water partition coefficient (Wildman–Crippen LogP) is 2.42. The molecular formula is C13H14N2. The van der Waals surface area contributed by atoms with Gasteiger partial charge in [0, 0.05) is 24.1 Å². The molecule has 1 heterocycles. The van der Waals surface area contributed by atoms with Crippen LogP contribution in [0.15, 0.2) is 42.7 Å². The van der Waals surface area contributed by atoms with Crippen molar-refractivity contribution in [1.29, 1.82) is 0 Å². The first kappa shape index (κ1) is 8.74. The van der Waals surface area contributed by atoms with Gasteiger partial charge >= 0.3 is 0 Å². The van der Waals surface area contributed by atoms with E-state index in [9.17, 15) is 0 Å². The molecule has 2 heteroatoms. The summed E-state index contributed by atoms with van der Waals surface area (Å²) in [5.74, 6) is 0. The van der Waals surface area contributed by atoms with Crippen LogP contribution in [0, 0.1) is 0 Å². The predicted molar refractivity (Wildman–Crippen MR) is 61.0 cm³/mol. The Kier molecular flexibility index (Phi) is 1.89. The third kappa shape index (κ3) is 1.29. The molecule has 15 heavy (non-hydrogen) atoms. The number of fused-ring (bicyclic) bond motifs is 1. The van der Waals surface area contributed by atoms with Gasteiger partial charge in [-0.15, -0.1) is 0 Å². The van der Waals surface area contributed by atoms with Crippen molar-refractivity contribution in [3.05, 3.63) is 53.9 Å². The Bertz CT molecular complexity index is 471. The maximum atomic E-state index is 6.14. The van der Waals surface area contributed by atoms with E-state index in [1.807, 2.05) is 12.1 Å². The molecule has 1 atom stereocenters. The van der Waals surface area contributed by atoms with Gasteiger partial charge in [-0.1, -0.05) is 12.1 Å². The number of aryl methyl sites for hydroxylation is 1. The Balaban J connectivity index is 2.21. The van der Waals surface area contributed by atoms with Gasteiger partial charge in [0.2, 0.25) is 0 Å². The van der Waals surface area contributed by atoms with E-state index in [2.05, 4.69) is 35.2 Å². The van der Waals surface area contributed by atoms with Crippen molar-refractivity contribution in [3.8, 4) is 5.69 Å². The van der Waals surface area contributed by atoms with E-state index in [4.69, 9.17) is 5.73 Å². The van der Waals surface area contributed by atoms with Gasteiger partial charge in [0.15, 0.2) is 0 Å². The van der Waals surface area contributed by atoms with E-state index in [0.29, 0.717) is 0 Å². The SMILES string of the molecule is NC1CCc2cccc(-n3cccc3)c21. The van der Waals surface area contributed by atoms with Crippen LogP contribution in [0.1, 0.15) is 23.6 Å². The first-order chi connectivity index (χ1) is 7.36. The summed E-state index contributed by atoms with van der Waals surface area (Å²) >= 11 is 0. The molecule has 1 unspecified atom stereocenters. The molecule has 0 spiro atoms. The lowest BCUT2D eigenvalue weighted by Gasteiger charge is -2.12. The van der Waals surface area contributed by atoms with Crippen molar-refractivity contribution in [1.82, 2.24) is 4.57 Å². The topological polar surface area (TPSA) is 30.9 Å². The minimum atomic E-state index is 0.207. The van der Waals surface area contributed by atoms with Gasteiger partial charge in [-0.05, 0) is 42.2 Å². The lowest BCUT2D eigenvalue weighted by atomic mass is 10.1. The van der Waals surface area contributed by atoms with Crippen molar-refractivity contribution >= 4 is 0 Å². The summed E-state index contributed by atoms with van der Waals surface area (Å²) in [5, 5.41) is 0. The van der Waals surface area contributed by atoms with E-state index >= 15 is 0 Å². The van der Waals surface area contributed by atoms with Crippen LogP contribution < -0.4 is 5.73 Å². The highest BCUT2D eigenvalue weighted by atomic mass is 14.9. The maximum Gasteiger partial charge on any atom is 0.0499 e. The zero-order valence-electron chi connectivity index (χ0n) is 8.56. The number of hydrogen-bond acceptors (Lipinski definition) is 1. The fourth-order valence-corrected chi connectivity index (χ4v) is 2.42. The second-order valence-corrected chi connectivity index (χ2v) is 4.09. The van der Waals surface area contributed by atoms with Crippen LogP contribution in [0.2, 0.25) is 0 Å². The Morgan fingerprint density at radius 2 is 1.93 bits per heavy atom. The second kappa shape index (κ2) is 3.24. The average Bonchev–Trinajstić information content (AvgIpc) is 2.88. The van der Waals surface area contributed by atoms with Gasteiger partial charge in [-0.2, -0.15) is 0 Å². The fourth-order valence-electron chi connectivity index (χ4n) is 2.42. The highest BCUT2D eigenvalue weighted by Gasteiger charge is 2.22. The highest BCUT2D eigenvalue weighted by Crippen LogP contribution is 2.33. The Morgan fingerprint density at radius 3 is 2.73 bits per heavy atom. The maximum absolute atomic E-state index is 6.14. The Morgan fingerprint density at radius 1 is 1.13 bits per heavy atom. The number of rotatable bonds is 1. The summed E-state index contributed by atoms with van der Waals surface area (Å²) in [6.45, 7) is 0. The number of aromatic nitrogens is 1. The van der Waals surface area contributed by atoms with Crippen molar-refractivity contribution in [2.75, 3.05) is 0 Å². The molecule has 2 aromatic rings. The van der Waals surface area contributed by atoms with Gasteiger partial charge in [0.1, 0.15) is 0 Å². The molecule has 0 bridgehead atoms. The summed E-state index contributed by atoms with van der Waals surface area (Å²) in [7, 11) is 0. The zero-order chi connectivity index (χ0) is 10.3. The van der Waals surface area contributed by atoms with Gasteiger partial charge in [-0.3, -0.25) is 0 Å². The van der Waals surface area contributed by atoms with Crippen LogP contribution in [0.4, 0.5) is 0 Å². The number of nitrogens with zero attached hydrogens (tertiary/aromatic N) is 1. The van der Waals surface area contributed by atoms with Gasteiger partial charge in [0.25, 0.3) is 0 Å². The van der Waals surface area contributed by atoms with E-state index in [1.165, 1.54) is 16.8 Å². The Hall–Kier alpha value is -1.54. The molecular weight excluding hydrogens is 184 g/mol. The molecule has 1 aromatic heterocycles. The molecule has 1 aliphatic carbocycles. The molecule has 1 aromatic carbocycles. The number of benzene rings is 1. The minimum Gasteiger partial charge on any atom is -0.324 e.